The van der Waals surface area contributed by atoms with E-state index in [1.807, 2.05) is 0 Å². The fourth-order valence-electron chi connectivity index (χ4n) is 1.16. The van der Waals surface area contributed by atoms with E-state index in [4.69, 9.17) is 10.2 Å². The van der Waals surface area contributed by atoms with E-state index in [0.717, 1.165) is 11.5 Å². The molecule has 1 aromatic heterocycles. The van der Waals surface area contributed by atoms with Gasteiger partial charge in [-0.15, -0.1) is 0 Å². The molecule has 4 N–H and O–H groups in total. The van der Waals surface area contributed by atoms with Crippen LogP contribution in [0.2, 0.25) is 0 Å². The number of aromatic nitrogens is 2. The van der Waals surface area contributed by atoms with E-state index < -0.39 is 24.0 Å². The fraction of sp³-hybridized carbons (Fsp3) is 0.444. The van der Waals surface area contributed by atoms with Crippen LogP contribution in [0, 0.1) is 6.92 Å². The van der Waals surface area contributed by atoms with Crippen molar-refractivity contribution >= 4 is 34.6 Å². The van der Waals surface area contributed by atoms with E-state index in [2.05, 4.69) is 20.0 Å². The van der Waals surface area contributed by atoms with Gasteiger partial charge in [0.25, 0.3) is 0 Å². The number of hydrogen-bond donors (Lipinski definition) is 4. The number of urea groups is 1. The number of carbonyl (C=O) groups is 3. The lowest BCUT2D eigenvalue weighted by atomic mass is 10.1. The summed E-state index contributed by atoms with van der Waals surface area (Å²) in [5, 5.41) is 22.0. The summed E-state index contributed by atoms with van der Waals surface area (Å²) in [5.74, 6) is -1.95. The largest absolute Gasteiger partial charge is 0.481 e. The quantitative estimate of drug-likeness (QED) is 0.589. The molecule has 0 radical (unpaired) electrons. The number of hydrogen-bond acceptors (Lipinski definition) is 6. The van der Waals surface area contributed by atoms with E-state index >= 15 is 0 Å². The van der Waals surface area contributed by atoms with E-state index in [9.17, 15) is 14.4 Å². The van der Waals surface area contributed by atoms with Crippen LogP contribution < -0.4 is 10.6 Å². The summed E-state index contributed by atoms with van der Waals surface area (Å²) in [5.41, 5.74) is 0. The second-order valence-corrected chi connectivity index (χ2v) is 4.32. The van der Waals surface area contributed by atoms with Gasteiger partial charge in [0.2, 0.25) is 5.13 Å². The zero-order valence-corrected chi connectivity index (χ0v) is 10.7. The molecular weight excluding hydrogens is 276 g/mol. The second-order valence-electron chi connectivity index (χ2n) is 3.57. The smallest absolute Gasteiger partial charge is 0.326 e. The number of nitrogens with one attached hydrogen (secondary N) is 2. The van der Waals surface area contributed by atoms with Crippen LogP contribution in [-0.4, -0.2) is 43.6 Å². The van der Waals surface area contributed by atoms with Crippen LogP contribution in [0.1, 0.15) is 18.7 Å². The maximum atomic E-state index is 11.5. The van der Waals surface area contributed by atoms with Crippen LogP contribution in [0.25, 0.3) is 0 Å². The van der Waals surface area contributed by atoms with Crippen molar-refractivity contribution in [3.8, 4) is 0 Å². The van der Waals surface area contributed by atoms with Gasteiger partial charge in [-0.1, -0.05) is 0 Å². The molecule has 0 aromatic carbocycles. The number of nitrogens with zero attached hydrogens (tertiary/aromatic N) is 2. The predicted octanol–water partition coefficient (Wildman–Crippen LogP) is 0.286. The molecule has 1 atom stereocenters. The first-order valence-corrected chi connectivity index (χ1v) is 5.98. The summed E-state index contributed by atoms with van der Waals surface area (Å²) in [6.45, 7) is 1.65. The van der Waals surface area contributed by atoms with Crippen LogP contribution in [0.15, 0.2) is 0 Å². The Balaban J connectivity index is 2.51. The zero-order valence-electron chi connectivity index (χ0n) is 9.91. The highest BCUT2D eigenvalue weighted by atomic mass is 32.1. The van der Waals surface area contributed by atoms with Gasteiger partial charge in [0.1, 0.15) is 11.9 Å². The molecule has 0 bridgehead atoms. The Morgan fingerprint density at radius 1 is 1.37 bits per heavy atom. The minimum Gasteiger partial charge on any atom is -0.481 e. The molecule has 1 heterocycles. The lowest BCUT2D eigenvalue weighted by Crippen LogP contribution is -2.43. The average Bonchev–Trinajstić information content (AvgIpc) is 2.69. The minimum atomic E-state index is -1.30. The molecule has 0 aliphatic carbocycles. The molecule has 1 rings (SSSR count). The topological polar surface area (TPSA) is 142 Å². The van der Waals surface area contributed by atoms with Crippen LogP contribution in [0.5, 0.6) is 0 Å². The van der Waals surface area contributed by atoms with Crippen LogP contribution in [-0.2, 0) is 9.59 Å². The van der Waals surface area contributed by atoms with Crippen molar-refractivity contribution in [2.24, 2.45) is 0 Å². The highest BCUT2D eigenvalue weighted by molar-refractivity contribution is 7.09. The van der Waals surface area contributed by atoms with Gasteiger partial charge in [0.15, 0.2) is 0 Å². The third-order valence-electron chi connectivity index (χ3n) is 2.00. The number of aliphatic carboxylic acids is 2. The van der Waals surface area contributed by atoms with E-state index in [0.29, 0.717) is 5.82 Å². The SMILES string of the molecule is Cc1nsc(NC(=O)N[C@@H](CCC(=O)O)C(=O)O)n1. The van der Waals surface area contributed by atoms with Gasteiger partial charge in [-0.2, -0.15) is 4.37 Å². The molecule has 0 saturated heterocycles. The number of carboxylic acids is 2. The number of carboxylic acid groups (broad SMARTS) is 2. The summed E-state index contributed by atoms with van der Waals surface area (Å²) in [4.78, 5) is 36.6. The molecule has 0 aliphatic rings. The molecule has 10 heteroatoms. The highest BCUT2D eigenvalue weighted by Gasteiger charge is 2.21. The molecule has 1 aromatic rings. The van der Waals surface area contributed by atoms with Crippen molar-refractivity contribution in [3.05, 3.63) is 5.82 Å². The standard InChI is InChI=1S/C9H12N4O5S/c1-4-10-9(19-13-4)12-8(18)11-5(7(16)17)2-3-6(14)15/h5H,2-3H2,1H3,(H,14,15)(H,16,17)(H2,10,11,12,13,18)/t5-/m0/s1. The third kappa shape index (κ3) is 5.29. The fourth-order valence-corrected chi connectivity index (χ4v) is 1.74. The number of carbonyl (C=O) groups excluding carboxylic acids is 1. The van der Waals surface area contributed by atoms with Gasteiger partial charge in [-0.05, 0) is 13.3 Å². The molecular formula is C9H12N4O5S. The number of amides is 2. The Hall–Kier alpha value is -2.23. The number of rotatable bonds is 6. The number of anilines is 1. The van der Waals surface area contributed by atoms with Crippen molar-refractivity contribution in [1.82, 2.24) is 14.7 Å². The molecule has 0 unspecified atom stereocenters. The Morgan fingerprint density at radius 2 is 2.05 bits per heavy atom. The van der Waals surface area contributed by atoms with E-state index in [-0.39, 0.29) is 18.0 Å². The van der Waals surface area contributed by atoms with Gasteiger partial charge in [0, 0.05) is 18.0 Å². The molecule has 104 valence electrons. The van der Waals surface area contributed by atoms with Gasteiger partial charge >= 0.3 is 18.0 Å². The maximum Gasteiger partial charge on any atom is 0.326 e. The Morgan fingerprint density at radius 3 is 2.53 bits per heavy atom. The van der Waals surface area contributed by atoms with Crippen molar-refractivity contribution in [3.63, 3.8) is 0 Å². The molecule has 0 aliphatic heterocycles. The van der Waals surface area contributed by atoms with Crippen LogP contribution in [0.3, 0.4) is 0 Å². The first kappa shape index (κ1) is 14.8. The molecule has 2 amide bonds. The Kier molecular flexibility index (Phi) is 5.18. The monoisotopic (exact) mass is 288 g/mol. The summed E-state index contributed by atoms with van der Waals surface area (Å²) < 4.78 is 3.84. The first-order valence-electron chi connectivity index (χ1n) is 5.21. The normalized spacial score (nSPS) is 11.6. The Labute approximate surface area is 111 Å². The first-order chi connectivity index (χ1) is 8.88. The Bertz CT molecular complexity index is 489. The molecule has 19 heavy (non-hydrogen) atoms. The van der Waals surface area contributed by atoms with Gasteiger partial charge in [-0.3, -0.25) is 10.1 Å². The summed E-state index contributed by atoms with van der Waals surface area (Å²) >= 11 is 0.957. The predicted molar refractivity (Wildman–Crippen MR) is 65.1 cm³/mol. The second kappa shape index (κ2) is 6.64. The van der Waals surface area contributed by atoms with Crippen LogP contribution in [0.4, 0.5) is 9.93 Å². The highest BCUT2D eigenvalue weighted by Crippen LogP contribution is 2.09. The lowest BCUT2D eigenvalue weighted by Gasteiger charge is -2.13. The van der Waals surface area contributed by atoms with Gasteiger partial charge in [-0.25, -0.2) is 14.6 Å². The lowest BCUT2D eigenvalue weighted by molar-refractivity contribution is -0.140. The van der Waals surface area contributed by atoms with E-state index in [1.54, 1.807) is 6.92 Å². The van der Waals surface area contributed by atoms with Crippen molar-refractivity contribution in [2.75, 3.05) is 5.32 Å². The summed E-state index contributed by atoms with van der Waals surface area (Å²) in [7, 11) is 0. The minimum absolute atomic E-state index is 0.201. The molecule has 0 saturated carbocycles. The van der Waals surface area contributed by atoms with E-state index in [1.165, 1.54) is 0 Å². The van der Waals surface area contributed by atoms with Crippen molar-refractivity contribution < 1.29 is 24.6 Å². The average molecular weight is 288 g/mol. The van der Waals surface area contributed by atoms with Crippen LogP contribution >= 0.6 is 11.5 Å². The molecule has 0 fully saturated rings. The van der Waals surface area contributed by atoms with Gasteiger partial charge in [0.05, 0.1) is 0 Å². The maximum absolute atomic E-state index is 11.5. The van der Waals surface area contributed by atoms with Gasteiger partial charge < -0.3 is 15.5 Å². The van der Waals surface area contributed by atoms with Crippen molar-refractivity contribution in [2.45, 2.75) is 25.8 Å². The third-order valence-corrected chi connectivity index (χ3v) is 2.72. The summed E-state index contributed by atoms with van der Waals surface area (Å²) in [6.07, 6.45) is -0.553. The molecule has 0 spiro atoms. The van der Waals surface area contributed by atoms with Crippen molar-refractivity contribution in [1.29, 1.82) is 0 Å². The summed E-state index contributed by atoms with van der Waals surface area (Å²) in [6, 6.07) is -2.04. The zero-order chi connectivity index (χ0) is 14.4. The molecule has 9 nitrogen and oxygen atoms in total. The number of aryl methyl sites for hydroxylation is 1.